The van der Waals surface area contributed by atoms with Crippen LogP contribution in [0.3, 0.4) is 0 Å². The van der Waals surface area contributed by atoms with Crippen LogP contribution in [0.4, 0.5) is 11.4 Å². The van der Waals surface area contributed by atoms with Gasteiger partial charge in [0.2, 0.25) is 5.82 Å². The van der Waals surface area contributed by atoms with E-state index in [1.165, 1.54) is 9.69 Å². The highest BCUT2D eigenvalue weighted by atomic mass is 16.2. The first-order valence-electron chi connectivity index (χ1n) is 13.1. The van der Waals surface area contributed by atoms with E-state index in [2.05, 4.69) is 56.8 Å². The Morgan fingerprint density at radius 3 is 2.11 bits per heavy atom. The lowest BCUT2D eigenvalue weighted by molar-refractivity contribution is 0.0645. The van der Waals surface area contributed by atoms with Gasteiger partial charge in [0.1, 0.15) is 5.71 Å². The van der Waals surface area contributed by atoms with Crippen molar-refractivity contribution < 1.29 is 9.59 Å². The van der Waals surface area contributed by atoms with E-state index in [-0.39, 0.29) is 29.7 Å². The van der Waals surface area contributed by atoms with Crippen molar-refractivity contribution in [2.24, 2.45) is 15.5 Å². The largest absolute Gasteiger partial charge is 0.372 e. The van der Waals surface area contributed by atoms with Crippen molar-refractivity contribution in [2.75, 3.05) is 24.5 Å². The van der Waals surface area contributed by atoms with Crippen molar-refractivity contribution in [3.63, 3.8) is 0 Å². The first kappa shape index (κ1) is 25.5. The molecule has 0 bridgehead atoms. The maximum atomic E-state index is 12.8. The highest BCUT2D eigenvalue weighted by Gasteiger charge is 2.38. The molecule has 1 atom stereocenters. The van der Waals surface area contributed by atoms with E-state index in [1.807, 2.05) is 19.1 Å². The van der Waals surface area contributed by atoms with E-state index >= 15 is 0 Å². The van der Waals surface area contributed by atoms with Gasteiger partial charge in [-0.1, -0.05) is 39.8 Å². The van der Waals surface area contributed by atoms with Crippen molar-refractivity contribution in [2.45, 2.75) is 47.5 Å². The van der Waals surface area contributed by atoms with Crippen LogP contribution in [-0.4, -0.2) is 62.6 Å². The fourth-order valence-corrected chi connectivity index (χ4v) is 4.82. The number of anilines is 1. The normalized spacial score (nSPS) is 16.6. The number of fused-ring (bicyclic) bond motifs is 2. The second-order valence-electron chi connectivity index (χ2n) is 10.7. The molecule has 9 nitrogen and oxygen atoms in total. The number of imide groups is 1. The molecular weight excluding hydrogens is 478 g/mol. The van der Waals surface area contributed by atoms with Gasteiger partial charge in [0, 0.05) is 36.7 Å². The number of rotatable bonds is 7. The summed E-state index contributed by atoms with van der Waals surface area (Å²) < 4.78 is 0. The van der Waals surface area contributed by atoms with Crippen molar-refractivity contribution in [1.29, 1.82) is 0 Å². The summed E-state index contributed by atoms with van der Waals surface area (Å²) in [5, 5.41) is 9.37. The molecule has 9 heteroatoms. The van der Waals surface area contributed by atoms with Gasteiger partial charge >= 0.3 is 0 Å². The van der Waals surface area contributed by atoms with Gasteiger partial charge in [-0.15, -0.1) is 9.89 Å². The molecule has 2 aromatic carbocycles. The van der Waals surface area contributed by atoms with Crippen LogP contribution in [0.2, 0.25) is 0 Å². The van der Waals surface area contributed by atoms with Crippen LogP contribution in [0.1, 0.15) is 79.8 Å². The molecule has 2 aliphatic heterocycles. The van der Waals surface area contributed by atoms with Crippen LogP contribution in [0.5, 0.6) is 0 Å². The minimum Gasteiger partial charge on any atom is -0.372 e. The van der Waals surface area contributed by atoms with Crippen LogP contribution < -0.4 is 4.90 Å². The van der Waals surface area contributed by atoms with Crippen LogP contribution in [-0.2, 0) is 0 Å². The Kier molecular flexibility index (Phi) is 6.46. The van der Waals surface area contributed by atoms with E-state index in [4.69, 9.17) is 15.1 Å². The highest BCUT2D eigenvalue weighted by molar-refractivity contribution is 6.50. The Balaban J connectivity index is 1.43. The van der Waals surface area contributed by atoms with Crippen LogP contribution >= 0.6 is 0 Å². The zero-order chi connectivity index (χ0) is 27.2. The first-order chi connectivity index (χ1) is 18.1. The highest BCUT2D eigenvalue weighted by Crippen LogP contribution is 2.30. The molecule has 1 aromatic heterocycles. The standard InChI is InChI=1S/C29H33N7O2/c1-7-34(8-2)20-15-13-19(14-16-20)30-23-24(29(4,5)6)32-36-26(23)31-25(33-36)18(3)17-35-27(37)21-11-9-10-12-22(21)28(35)38/h9-16,18H,7-8,17H2,1-6H3. The first-order valence-corrected chi connectivity index (χ1v) is 13.1. The number of carbonyl (C=O) groups excluding carboxylic acids is 2. The number of amides is 2. The number of nitrogens with zero attached hydrogens (tertiary/aromatic N) is 7. The summed E-state index contributed by atoms with van der Waals surface area (Å²) in [6, 6.07) is 15.1. The minimum atomic E-state index is -0.285. The second kappa shape index (κ2) is 9.63. The molecule has 2 amide bonds. The average molecular weight is 512 g/mol. The maximum Gasteiger partial charge on any atom is 0.261 e. The molecule has 2 aliphatic rings. The zero-order valence-corrected chi connectivity index (χ0v) is 22.8. The van der Waals surface area contributed by atoms with Crippen molar-refractivity contribution in [1.82, 2.24) is 19.8 Å². The number of carbonyl (C=O) groups is 2. The average Bonchev–Trinajstić information content (AvgIpc) is 3.53. The predicted molar refractivity (Wildman–Crippen MR) is 149 cm³/mol. The van der Waals surface area contributed by atoms with Crippen molar-refractivity contribution in [3.8, 4) is 0 Å². The number of benzene rings is 2. The van der Waals surface area contributed by atoms with Gasteiger partial charge in [-0.05, 0) is 50.2 Å². The fourth-order valence-electron chi connectivity index (χ4n) is 4.82. The molecule has 196 valence electrons. The van der Waals surface area contributed by atoms with Gasteiger partial charge in [-0.3, -0.25) is 14.5 Å². The summed E-state index contributed by atoms with van der Waals surface area (Å²) in [6.45, 7) is 14.5. The van der Waals surface area contributed by atoms with Gasteiger partial charge in [-0.2, -0.15) is 5.10 Å². The van der Waals surface area contributed by atoms with Gasteiger partial charge in [-0.25, -0.2) is 9.98 Å². The summed E-state index contributed by atoms with van der Waals surface area (Å²) in [6.07, 6.45) is 0. The molecular formula is C29H33N7O2. The summed E-state index contributed by atoms with van der Waals surface area (Å²) in [5.74, 6) is 0.225. The SMILES string of the molecule is CCN(CC)c1ccc(N=C2C(C(C)(C)C)=Nn3nc(C(C)CN4C(=O)c5ccccc5C4=O)nc32)cc1. The van der Waals surface area contributed by atoms with Crippen molar-refractivity contribution in [3.05, 3.63) is 71.3 Å². The predicted octanol–water partition coefficient (Wildman–Crippen LogP) is 4.91. The number of hydrogen-bond acceptors (Lipinski definition) is 7. The fraction of sp³-hybridized carbons (Fsp3) is 0.379. The van der Waals surface area contributed by atoms with Gasteiger partial charge in [0.05, 0.1) is 22.5 Å². The maximum absolute atomic E-state index is 12.8. The Morgan fingerprint density at radius 1 is 0.947 bits per heavy atom. The number of aromatic nitrogens is 3. The smallest absolute Gasteiger partial charge is 0.261 e. The van der Waals surface area contributed by atoms with Crippen LogP contribution in [0.15, 0.2) is 58.6 Å². The molecule has 38 heavy (non-hydrogen) atoms. The molecule has 0 fully saturated rings. The molecule has 0 saturated carbocycles. The molecule has 3 heterocycles. The summed E-state index contributed by atoms with van der Waals surface area (Å²) >= 11 is 0. The number of aliphatic imine (C=N–C) groups is 1. The lowest BCUT2D eigenvalue weighted by atomic mass is 9.87. The van der Waals surface area contributed by atoms with Crippen LogP contribution in [0.25, 0.3) is 0 Å². The van der Waals surface area contributed by atoms with E-state index < -0.39 is 0 Å². The second-order valence-corrected chi connectivity index (χ2v) is 10.7. The van der Waals surface area contributed by atoms with Crippen LogP contribution in [0, 0.1) is 5.41 Å². The topological polar surface area (TPSA) is 96.0 Å². The van der Waals surface area contributed by atoms with E-state index in [0.717, 1.165) is 30.2 Å². The Labute approximate surface area is 222 Å². The lowest BCUT2D eigenvalue weighted by Crippen LogP contribution is -2.33. The van der Waals surface area contributed by atoms with E-state index in [0.29, 0.717) is 28.5 Å². The molecule has 5 rings (SSSR count). The molecule has 0 saturated heterocycles. The molecule has 0 N–H and O–H groups in total. The third kappa shape index (κ3) is 4.42. The zero-order valence-electron chi connectivity index (χ0n) is 22.8. The quantitative estimate of drug-likeness (QED) is 0.420. The monoisotopic (exact) mass is 511 g/mol. The van der Waals surface area contributed by atoms with Gasteiger partial charge in [0.15, 0.2) is 5.82 Å². The summed E-state index contributed by atoms with van der Waals surface area (Å²) in [7, 11) is 0. The van der Waals surface area contributed by atoms with Gasteiger partial charge in [0.25, 0.3) is 11.8 Å². The Bertz CT molecular complexity index is 1420. The third-order valence-electron chi connectivity index (χ3n) is 6.94. The molecule has 0 radical (unpaired) electrons. The summed E-state index contributed by atoms with van der Waals surface area (Å²) in [5.41, 5.74) is 4.05. The van der Waals surface area contributed by atoms with E-state index in [1.54, 1.807) is 24.3 Å². The van der Waals surface area contributed by atoms with E-state index in [9.17, 15) is 9.59 Å². The third-order valence-corrected chi connectivity index (χ3v) is 6.94. The lowest BCUT2D eigenvalue weighted by Gasteiger charge is -2.21. The minimum absolute atomic E-state index is 0.185. The molecule has 1 unspecified atom stereocenters. The molecule has 3 aromatic rings. The van der Waals surface area contributed by atoms with Crippen molar-refractivity contribution >= 4 is 34.6 Å². The number of hydrogen-bond donors (Lipinski definition) is 0. The Hall–Kier alpha value is -4.14. The summed E-state index contributed by atoms with van der Waals surface area (Å²) in [4.78, 5) is 40.5. The van der Waals surface area contributed by atoms with Gasteiger partial charge < -0.3 is 4.90 Å². The molecule has 0 spiro atoms. The molecule has 0 aliphatic carbocycles. The Morgan fingerprint density at radius 2 is 1.55 bits per heavy atom.